The summed E-state index contributed by atoms with van der Waals surface area (Å²) in [6.45, 7) is 4.56. The lowest BCUT2D eigenvalue weighted by molar-refractivity contribution is 0.224. The van der Waals surface area contributed by atoms with Crippen LogP contribution in [0.15, 0.2) is 6.07 Å². The van der Waals surface area contributed by atoms with Crippen LogP contribution >= 0.6 is 0 Å². The highest BCUT2D eigenvalue weighted by molar-refractivity contribution is 5.15. The molecule has 3 atom stereocenters. The Morgan fingerprint density at radius 2 is 2.28 bits per heavy atom. The van der Waals surface area contributed by atoms with E-state index in [-0.39, 0.29) is 0 Å². The molecule has 0 saturated heterocycles. The molecule has 0 spiro atoms. The Morgan fingerprint density at radius 1 is 1.50 bits per heavy atom. The van der Waals surface area contributed by atoms with Gasteiger partial charge in [-0.1, -0.05) is 26.7 Å². The fourth-order valence-electron chi connectivity index (χ4n) is 3.42. The third-order valence-corrected chi connectivity index (χ3v) is 4.41. The van der Waals surface area contributed by atoms with E-state index < -0.39 is 0 Å². The lowest BCUT2D eigenvalue weighted by Gasteiger charge is -2.33. The highest BCUT2D eigenvalue weighted by Gasteiger charge is 2.28. The average Bonchev–Trinajstić information content (AvgIpc) is 2.72. The molecule has 1 aliphatic rings. The van der Waals surface area contributed by atoms with E-state index in [2.05, 4.69) is 49.1 Å². The van der Waals surface area contributed by atoms with Gasteiger partial charge in [-0.2, -0.15) is 5.10 Å². The largest absolute Gasteiger partial charge is 0.311 e. The van der Waals surface area contributed by atoms with Crippen molar-refractivity contribution in [2.24, 2.45) is 18.9 Å². The smallest absolute Gasteiger partial charge is 0.0625 e. The minimum Gasteiger partial charge on any atom is -0.311 e. The molecule has 0 aliphatic heterocycles. The minimum absolute atomic E-state index is 0.463. The fourth-order valence-corrected chi connectivity index (χ4v) is 3.42. The van der Waals surface area contributed by atoms with Crippen molar-refractivity contribution in [1.29, 1.82) is 0 Å². The summed E-state index contributed by atoms with van der Waals surface area (Å²) >= 11 is 0. The average molecular weight is 249 g/mol. The predicted octanol–water partition coefficient (Wildman–Crippen LogP) is 3.07. The molecule has 0 bridgehead atoms. The monoisotopic (exact) mass is 249 g/mol. The molecule has 1 aromatic rings. The van der Waals surface area contributed by atoms with Crippen molar-refractivity contribution in [1.82, 2.24) is 15.1 Å². The van der Waals surface area contributed by atoms with Crippen LogP contribution in [0.25, 0.3) is 0 Å². The molecule has 3 heteroatoms. The number of aromatic nitrogens is 2. The first-order valence-electron chi connectivity index (χ1n) is 7.35. The van der Waals surface area contributed by atoms with E-state index in [1.165, 1.54) is 37.1 Å². The summed E-state index contributed by atoms with van der Waals surface area (Å²) < 4.78 is 2.07. The maximum atomic E-state index is 4.59. The van der Waals surface area contributed by atoms with Gasteiger partial charge >= 0.3 is 0 Å². The summed E-state index contributed by atoms with van der Waals surface area (Å²) in [7, 11) is 4.16. The molecule has 0 radical (unpaired) electrons. The van der Waals surface area contributed by atoms with Crippen LogP contribution in [0.4, 0.5) is 0 Å². The van der Waals surface area contributed by atoms with E-state index in [1.807, 2.05) is 0 Å². The number of nitrogens with one attached hydrogen (secondary N) is 1. The van der Waals surface area contributed by atoms with Crippen molar-refractivity contribution in [3.63, 3.8) is 0 Å². The van der Waals surface area contributed by atoms with Crippen LogP contribution in [-0.4, -0.2) is 16.8 Å². The molecule has 1 aromatic heterocycles. The minimum atomic E-state index is 0.463. The molecule has 0 aromatic carbocycles. The Bertz CT molecular complexity index is 383. The molecular weight excluding hydrogens is 222 g/mol. The van der Waals surface area contributed by atoms with E-state index in [4.69, 9.17) is 0 Å². The third kappa shape index (κ3) is 2.77. The van der Waals surface area contributed by atoms with Crippen LogP contribution < -0.4 is 5.32 Å². The van der Waals surface area contributed by atoms with Crippen molar-refractivity contribution in [2.45, 2.75) is 52.0 Å². The van der Waals surface area contributed by atoms with Crippen LogP contribution in [0.3, 0.4) is 0 Å². The zero-order valence-electron chi connectivity index (χ0n) is 12.2. The van der Waals surface area contributed by atoms with Gasteiger partial charge in [-0.05, 0) is 44.2 Å². The van der Waals surface area contributed by atoms with E-state index >= 15 is 0 Å². The van der Waals surface area contributed by atoms with Gasteiger partial charge < -0.3 is 5.32 Å². The molecule has 18 heavy (non-hydrogen) atoms. The molecule has 3 unspecified atom stereocenters. The summed E-state index contributed by atoms with van der Waals surface area (Å²) in [5.74, 6) is 1.64. The molecular formula is C15H27N3. The second kappa shape index (κ2) is 5.87. The summed E-state index contributed by atoms with van der Waals surface area (Å²) in [5, 5.41) is 8.11. The number of hydrogen-bond donors (Lipinski definition) is 1. The lowest BCUT2D eigenvalue weighted by atomic mass is 9.77. The van der Waals surface area contributed by atoms with Crippen molar-refractivity contribution < 1.29 is 0 Å². The topological polar surface area (TPSA) is 29.9 Å². The molecule has 3 nitrogen and oxygen atoms in total. The van der Waals surface area contributed by atoms with E-state index in [9.17, 15) is 0 Å². The maximum absolute atomic E-state index is 4.59. The molecule has 0 amide bonds. The molecule has 1 saturated carbocycles. The highest BCUT2D eigenvalue weighted by Crippen LogP contribution is 2.36. The van der Waals surface area contributed by atoms with Gasteiger partial charge in [-0.15, -0.1) is 0 Å². The Kier molecular flexibility index (Phi) is 4.44. The van der Waals surface area contributed by atoms with Gasteiger partial charge in [0.25, 0.3) is 0 Å². The SMILES string of the molecule is CCc1cc(C(NC)C2CCCC(C)C2)n(C)n1. The zero-order valence-corrected chi connectivity index (χ0v) is 12.2. The quantitative estimate of drug-likeness (QED) is 0.888. The first kappa shape index (κ1) is 13.6. The Morgan fingerprint density at radius 3 is 2.83 bits per heavy atom. The van der Waals surface area contributed by atoms with E-state index in [0.29, 0.717) is 6.04 Å². The third-order valence-electron chi connectivity index (χ3n) is 4.41. The molecule has 1 fully saturated rings. The standard InChI is InChI=1S/C15H27N3/c1-5-13-10-14(18(4)17-13)15(16-3)12-8-6-7-11(2)9-12/h10-12,15-16H,5-9H2,1-4H3. The van der Waals surface area contributed by atoms with Gasteiger partial charge in [0, 0.05) is 7.05 Å². The van der Waals surface area contributed by atoms with Crippen LogP contribution in [0.1, 0.15) is 57.0 Å². The van der Waals surface area contributed by atoms with Crippen LogP contribution in [0.5, 0.6) is 0 Å². The number of aryl methyl sites for hydroxylation is 2. The van der Waals surface area contributed by atoms with Gasteiger partial charge in [0.2, 0.25) is 0 Å². The van der Waals surface area contributed by atoms with Gasteiger partial charge in [0.1, 0.15) is 0 Å². The van der Waals surface area contributed by atoms with Crippen LogP contribution in [0.2, 0.25) is 0 Å². The van der Waals surface area contributed by atoms with E-state index in [1.54, 1.807) is 0 Å². The van der Waals surface area contributed by atoms with Crippen molar-refractivity contribution >= 4 is 0 Å². The first-order chi connectivity index (χ1) is 8.65. The molecule has 102 valence electrons. The van der Waals surface area contributed by atoms with Gasteiger partial charge in [-0.25, -0.2) is 0 Å². The van der Waals surface area contributed by atoms with Gasteiger partial charge in [-0.3, -0.25) is 4.68 Å². The number of hydrogen-bond acceptors (Lipinski definition) is 2. The summed E-state index contributed by atoms with van der Waals surface area (Å²) in [6, 6.07) is 2.74. The zero-order chi connectivity index (χ0) is 13.1. The lowest BCUT2D eigenvalue weighted by Crippen LogP contribution is -2.30. The van der Waals surface area contributed by atoms with Crippen LogP contribution in [0, 0.1) is 11.8 Å². The molecule has 2 rings (SSSR count). The van der Waals surface area contributed by atoms with Crippen molar-refractivity contribution in [3.8, 4) is 0 Å². The Labute approximate surface area is 111 Å². The van der Waals surface area contributed by atoms with Crippen molar-refractivity contribution in [3.05, 3.63) is 17.5 Å². The normalized spacial score (nSPS) is 26.2. The fraction of sp³-hybridized carbons (Fsp3) is 0.800. The maximum Gasteiger partial charge on any atom is 0.0625 e. The second-order valence-corrected chi connectivity index (χ2v) is 5.84. The Balaban J connectivity index is 2.18. The molecule has 1 aliphatic carbocycles. The Hall–Kier alpha value is -0.830. The molecule has 1 N–H and O–H groups in total. The number of nitrogens with zero attached hydrogens (tertiary/aromatic N) is 2. The first-order valence-corrected chi connectivity index (χ1v) is 7.35. The van der Waals surface area contributed by atoms with Crippen molar-refractivity contribution in [2.75, 3.05) is 7.05 Å². The molecule has 1 heterocycles. The van der Waals surface area contributed by atoms with E-state index in [0.717, 1.165) is 18.3 Å². The van der Waals surface area contributed by atoms with Gasteiger partial charge in [0.05, 0.1) is 17.4 Å². The summed E-state index contributed by atoms with van der Waals surface area (Å²) in [6.07, 6.45) is 6.49. The van der Waals surface area contributed by atoms with Gasteiger partial charge in [0.15, 0.2) is 0 Å². The summed E-state index contributed by atoms with van der Waals surface area (Å²) in [4.78, 5) is 0. The predicted molar refractivity (Wildman–Crippen MR) is 75.5 cm³/mol. The summed E-state index contributed by atoms with van der Waals surface area (Å²) in [5.41, 5.74) is 2.56. The highest BCUT2D eigenvalue weighted by atomic mass is 15.3. The number of rotatable bonds is 4. The second-order valence-electron chi connectivity index (χ2n) is 5.84. The van der Waals surface area contributed by atoms with Crippen LogP contribution in [-0.2, 0) is 13.5 Å².